The Morgan fingerprint density at radius 2 is 1.41 bits per heavy atom. The predicted molar refractivity (Wildman–Crippen MR) is 136 cm³/mol. The maximum absolute atomic E-state index is 2.67. The molecule has 0 saturated heterocycles. The van der Waals surface area contributed by atoms with Crippen LogP contribution in [0.3, 0.4) is 0 Å². The number of benzene rings is 2. The van der Waals surface area contributed by atoms with Gasteiger partial charge in [-0.1, -0.05) is 115 Å². The molecule has 29 heavy (non-hydrogen) atoms. The average Bonchev–Trinajstić information content (AvgIpc) is 3.18. The van der Waals surface area contributed by atoms with Crippen LogP contribution < -0.4 is 0 Å². The van der Waals surface area contributed by atoms with Crippen LogP contribution in [0, 0.1) is 0 Å². The Balaban J connectivity index is 1.79. The lowest BCUT2D eigenvalue weighted by molar-refractivity contribution is 0.932. The topological polar surface area (TPSA) is 0 Å². The Hall–Kier alpha value is -1.43. The van der Waals surface area contributed by atoms with Crippen LogP contribution in [0.2, 0.25) is 51.9 Å². The molecule has 0 aromatic heterocycles. The third-order valence-corrected chi connectivity index (χ3v) is 17.3. The van der Waals surface area contributed by atoms with Crippen molar-refractivity contribution in [2.45, 2.75) is 64.2 Å². The van der Waals surface area contributed by atoms with Gasteiger partial charge in [0, 0.05) is 14.0 Å². The molecule has 2 aliphatic carbocycles. The van der Waals surface area contributed by atoms with Gasteiger partial charge in [0.15, 0.2) is 0 Å². The van der Waals surface area contributed by atoms with Crippen LogP contribution in [0.5, 0.6) is 0 Å². The molecule has 1 heterocycles. The van der Waals surface area contributed by atoms with Crippen LogP contribution in [0.1, 0.15) is 28.2 Å². The molecule has 1 unspecified atom stereocenters. The van der Waals surface area contributed by atoms with Crippen LogP contribution in [-0.2, 0) is 6.42 Å². The predicted octanol–water partition coefficient (Wildman–Crippen LogP) is 7.47. The highest BCUT2D eigenvalue weighted by Gasteiger charge is 2.55. The zero-order valence-corrected chi connectivity index (χ0v) is 22.1. The fourth-order valence-electron chi connectivity index (χ4n) is 6.64. The van der Waals surface area contributed by atoms with E-state index in [0.29, 0.717) is 5.92 Å². The largest absolute Gasteiger partial charge is 0.108 e. The highest BCUT2D eigenvalue weighted by atomic mass is 28.3. The molecule has 0 bridgehead atoms. The number of fused-ring (bicyclic) bond motifs is 4. The molecule has 150 valence electrons. The van der Waals surface area contributed by atoms with E-state index in [-0.39, 0.29) is 0 Å². The first-order chi connectivity index (χ1) is 13.5. The van der Waals surface area contributed by atoms with Gasteiger partial charge in [0.05, 0.1) is 0 Å². The Labute approximate surface area is 179 Å². The lowest BCUT2D eigenvalue weighted by Crippen LogP contribution is -2.46. The van der Waals surface area contributed by atoms with Gasteiger partial charge in [-0.15, -0.1) is 0 Å². The normalized spacial score (nSPS) is 23.6. The maximum Gasteiger partial charge on any atom is 0.108 e. The molecule has 0 nitrogen and oxygen atoms in total. The molecule has 5 rings (SSSR count). The van der Waals surface area contributed by atoms with E-state index in [1.807, 2.05) is 20.8 Å². The van der Waals surface area contributed by atoms with Crippen molar-refractivity contribution in [3.63, 3.8) is 0 Å². The molecular formula is C26H34Si3. The summed E-state index contributed by atoms with van der Waals surface area (Å²) in [5.74, 6) is 0.670. The SMILES string of the molecule is C[Si](C)(C)CC1C2=C(c3ccccc31)[Si](C)(C)C1=C(c3ccccc3C1)[Si]2(C)C. The van der Waals surface area contributed by atoms with Crippen LogP contribution in [-0.4, -0.2) is 24.2 Å². The Morgan fingerprint density at radius 1 is 0.793 bits per heavy atom. The first-order valence-corrected chi connectivity index (χ1v) is 20.9. The van der Waals surface area contributed by atoms with Gasteiger partial charge in [-0.2, -0.15) is 0 Å². The number of rotatable bonds is 2. The number of hydrogen-bond acceptors (Lipinski definition) is 0. The van der Waals surface area contributed by atoms with E-state index in [9.17, 15) is 0 Å². The molecule has 1 atom stereocenters. The zero-order valence-electron chi connectivity index (χ0n) is 19.1. The van der Waals surface area contributed by atoms with Crippen LogP contribution >= 0.6 is 0 Å². The summed E-state index contributed by atoms with van der Waals surface area (Å²) < 4.78 is 0. The van der Waals surface area contributed by atoms with Crippen LogP contribution in [0.4, 0.5) is 0 Å². The van der Waals surface area contributed by atoms with Crippen molar-refractivity contribution in [3.8, 4) is 0 Å². The lowest BCUT2D eigenvalue weighted by Gasteiger charge is -2.43. The van der Waals surface area contributed by atoms with Gasteiger partial charge in [0.25, 0.3) is 0 Å². The van der Waals surface area contributed by atoms with Crippen molar-refractivity contribution in [1.29, 1.82) is 0 Å². The molecular weight excluding hydrogens is 397 g/mol. The summed E-state index contributed by atoms with van der Waals surface area (Å²) in [5, 5.41) is 7.46. The standard InChI is InChI=1S/C26H34Si3/c1-27(2,3)17-22-20-14-10-11-15-21(20)25-26(22)29(6,7)24-19-13-9-8-12-18(19)16-23(24)28(25,4)5/h8-15,22H,16-17H2,1-7H3. The minimum absolute atomic E-state index is 0.670. The molecule has 2 aromatic rings. The van der Waals surface area contributed by atoms with Gasteiger partial charge in [-0.3, -0.25) is 0 Å². The summed E-state index contributed by atoms with van der Waals surface area (Å²) in [6.45, 7) is 18.3. The minimum atomic E-state index is -1.74. The summed E-state index contributed by atoms with van der Waals surface area (Å²) in [6.07, 6.45) is 1.21. The smallest absolute Gasteiger partial charge is 0.0714 e. The highest BCUT2D eigenvalue weighted by Crippen LogP contribution is 2.61. The zero-order chi connectivity index (χ0) is 20.8. The summed E-state index contributed by atoms with van der Waals surface area (Å²) in [6, 6.07) is 20.2. The first kappa shape index (κ1) is 19.5. The number of hydrogen-bond donors (Lipinski definition) is 0. The van der Waals surface area contributed by atoms with Crippen LogP contribution in [0.15, 0.2) is 58.9 Å². The van der Waals surface area contributed by atoms with Gasteiger partial charge in [-0.25, -0.2) is 0 Å². The summed E-state index contributed by atoms with van der Waals surface area (Å²) >= 11 is 0. The van der Waals surface area contributed by atoms with Crippen LogP contribution in [0.25, 0.3) is 10.4 Å². The summed E-state index contributed by atoms with van der Waals surface area (Å²) in [5.41, 5.74) is 6.49. The van der Waals surface area contributed by atoms with Crippen molar-refractivity contribution in [3.05, 3.63) is 81.2 Å². The van der Waals surface area contributed by atoms with E-state index in [0.717, 1.165) is 0 Å². The Kier molecular flexibility index (Phi) is 4.08. The van der Waals surface area contributed by atoms with E-state index in [1.165, 1.54) is 12.5 Å². The van der Waals surface area contributed by atoms with Gasteiger partial charge < -0.3 is 0 Å². The second-order valence-electron chi connectivity index (χ2n) is 11.6. The van der Waals surface area contributed by atoms with Crippen molar-refractivity contribution in [1.82, 2.24) is 0 Å². The van der Waals surface area contributed by atoms with E-state index in [1.54, 1.807) is 22.3 Å². The molecule has 2 aromatic carbocycles. The second kappa shape index (κ2) is 6.05. The van der Waals surface area contributed by atoms with Gasteiger partial charge in [0.1, 0.15) is 16.1 Å². The quantitative estimate of drug-likeness (QED) is 0.433. The molecule has 3 aliphatic rings. The molecule has 0 saturated carbocycles. The van der Waals surface area contributed by atoms with E-state index < -0.39 is 24.2 Å². The number of allylic oxidation sites excluding steroid dienone is 2. The van der Waals surface area contributed by atoms with E-state index in [4.69, 9.17) is 0 Å². The second-order valence-corrected chi connectivity index (χ2v) is 25.8. The molecule has 0 spiro atoms. The van der Waals surface area contributed by atoms with Gasteiger partial charge in [0.2, 0.25) is 0 Å². The molecule has 1 aliphatic heterocycles. The maximum atomic E-state index is 2.67. The van der Waals surface area contributed by atoms with Crippen molar-refractivity contribution < 1.29 is 0 Å². The molecule has 0 radical (unpaired) electrons. The molecule has 0 amide bonds. The summed E-state index contributed by atoms with van der Waals surface area (Å²) in [7, 11) is -4.62. The summed E-state index contributed by atoms with van der Waals surface area (Å²) in [4.78, 5) is 0. The fraction of sp³-hybridized carbons (Fsp3) is 0.385. The molecule has 3 heteroatoms. The molecule has 0 fully saturated rings. The van der Waals surface area contributed by atoms with Crippen molar-refractivity contribution >= 4 is 34.6 Å². The first-order valence-electron chi connectivity index (χ1n) is 11.2. The lowest BCUT2D eigenvalue weighted by atomic mass is 10.0. The molecule has 0 N–H and O–H groups in total. The Morgan fingerprint density at radius 3 is 2.10 bits per heavy atom. The van der Waals surface area contributed by atoms with E-state index >= 15 is 0 Å². The van der Waals surface area contributed by atoms with Gasteiger partial charge >= 0.3 is 0 Å². The third-order valence-electron chi connectivity index (χ3n) is 7.67. The van der Waals surface area contributed by atoms with Crippen molar-refractivity contribution in [2.24, 2.45) is 0 Å². The highest BCUT2D eigenvalue weighted by molar-refractivity contribution is 7.14. The monoisotopic (exact) mass is 430 g/mol. The average molecular weight is 431 g/mol. The Bertz CT molecular complexity index is 1090. The third kappa shape index (κ3) is 2.67. The minimum Gasteiger partial charge on any atom is -0.0714 e. The fourth-order valence-corrected chi connectivity index (χ4v) is 19.6. The van der Waals surface area contributed by atoms with Gasteiger partial charge in [-0.05, 0) is 34.7 Å². The van der Waals surface area contributed by atoms with E-state index in [2.05, 4.69) is 94.4 Å². The van der Waals surface area contributed by atoms with Crippen molar-refractivity contribution in [2.75, 3.05) is 0 Å².